The second-order valence-electron chi connectivity index (χ2n) is 5.87. The largest absolute Gasteiger partial charge is 0.459 e. The molecule has 2 heteroatoms. The van der Waals surface area contributed by atoms with Crippen LogP contribution in [0, 0.1) is 0 Å². The lowest BCUT2D eigenvalue weighted by Gasteiger charge is -2.18. The zero-order valence-corrected chi connectivity index (χ0v) is 12.2. The monoisotopic (exact) mass is 277 g/mol. The van der Waals surface area contributed by atoms with Gasteiger partial charge >= 0.3 is 0 Å². The van der Waals surface area contributed by atoms with Gasteiger partial charge in [0.15, 0.2) is 0 Å². The second kappa shape index (κ2) is 5.05. The first-order valence-electron chi connectivity index (χ1n) is 7.63. The summed E-state index contributed by atoms with van der Waals surface area (Å²) < 4.78 is 5.97. The van der Waals surface area contributed by atoms with Gasteiger partial charge in [0.05, 0.1) is 6.04 Å². The summed E-state index contributed by atoms with van der Waals surface area (Å²) in [5.41, 5.74) is 3.89. The van der Waals surface area contributed by atoms with Crippen molar-refractivity contribution in [1.82, 2.24) is 5.32 Å². The first kappa shape index (κ1) is 12.7. The number of furan rings is 1. The topological polar surface area (TPSA) is 25.2 Å². The Hall–Kier alpha value is -2.06. The van der Waals surface area contributed by atoms with Crippen molar-refractivity contribution in [2.75, 3.05) is 0 Å². The molecule has 0 aliphatic heterocycles. The van der Waals surface area contributed by atoms with E-state index in [0.29, 0.717) is 6.04 Å². The van der Waals surface area contributed by atoms with Crippen LogP contribution in [0.1, 0.15) is 42.3 Å². The zero-order valence-electron chi connectivity index (χ0n) is 12.2. The molecule has 1 N–H and O–H groups in total. The lowest BCUT2D eigenvalue weighted by atomic mass is 10.1. The third-order valence-electron chi connectivity index (χ3n) is 4.46. The molecule has 2 nitrogen and oxygen atoms in total. The molecule has 106 valence electrons. The predicted octanol–water partition coefficient (Wildman–Crippen LogP) is 4.77. The van der Waals surface area contributed by atoms with E-state index in [9.17, 15) is 0 Å². The smallest absolute Gasteiger partial charge is 0.134 e. The standard InChI is InChI=1S/C19H19NO/c1-13(19-12-15-7-3-5-9-18(15)21-19)20-17-11-10-14-6-2-4-8-16(14)17/h2-9,12-13,17,20H,10-11H2,1H3. The number of para-hydroxylation sites is 1. The van der Waals surface area contributed by atoms with Gasteiger partial charge in [0, 0.05) is 11.4 Å². The molecule has 0 radical (unpaired) electrons. The van der Waals surface area contributed by atoms with E-state index in [2.05, 4.69) is 48.6 Å². The van der Waals surface area contributed by atoms with Crippen LogP contribution in [0.2, 0.25) is 0 Å². The number of nitrogens with one attached hydrogen (secondary N) is 1. The molecule has 2 unspecified atom stereocenters. The van der Waals surface area contributed by atoms with Gasteiger partial charge in [-0.2, -0.15) is 0 Å². The Bertz CT molecular complexity index is 741. The van der Waals surface area contributed by atoms with Gasteiger partial charge in [-0.25, -0.2) is 0 Å². The molecule has 0 amide bonds. The third kappa shape index (κ3) is 2.26. The number of hydrogen-bond donors (Lipinski definition) is 1. The first-order chi connectivity index (χ1) is 10.3. The molecule has 0 saturated carbocycles. The Morgan fingerprint density at radius 2 is 1.90 bits per heavy atom. The van der Waals surface area contributed by atoms with Gasteiger partial charge in [0.2, 0.25) is 0 Å². The van der Waals surface area contributed by atoms with Crippen molar-refractivity contribution in [2.45, 2.75) is 31.8 Å². The highest BCUT2D eigenvalue weighted by Gasteiger charge is 2.24. The van der Waals surface area contributed by atoms with Crippen molar-refractivity contribution in [2.24, 2.45) is 0 Å². The first-order valence-corrected chi connectivity index (χ1v) is 7.63. The Morgan fingerprint density at radius 1 is 1.10 bits per heavy atom. The second-order valence-corrected chi connectivity index (χ2v) is 5.87. The minimum absolute atomic E-state index is 0.216. The van der Waals surface area contributed by atoms with E-state index in [4.69, 9.17) is 4.42 Å². The molecule has 1 aromatic heterocycles. The number of hydrogen-bond acceptors (Lipinski definition) is 2. The van der Waals surface area contributed by atoms with Crippen LogP contribution in [0.4, 0.5) is 0 Å². The van der Waals surface area contributed by atoms with Crippen LogP contribution in [-0.2, 0) is 6.42 Å². The molecular weight excluding hydrogens is 258 g/mol. The Morgan fingerprint density at radius 3 is 2.81 bits per heavy atom. The Balaban J connectivity index is 1.57. The van der Waals surface area contributed by atoms with E-state index in [1.165, 1.54) is 29.4 Å². The van der Waals surface area contributed by atoms with Crippen molar-refractivity contribution in [1.29, 1.82) is 0 Å². The van der Waals surface area contributed by atoms with Crippen LogP contribution in [0.5, 0.6) is 0 Å². The summed E-state index contributed by atoms with van der Waals surface area (Å²) in [6, 6.07) is 19.7. The summed E-state index contributed by atoms with van der Waals surface area (Å²) in [6.07, 6.45) is 2.34. The van der Waals surface area contributed by atoms with Crippen LogP contribution in [0.25, 0.3) is 11.0 Å². The van der Waals surface area contributed by atoms with Gasteiger partial charge in [-0.15, -0.1) is 0 Å². The lowest BCUT2D eigenvalue weighted by Crippen LogP contribution is -2.22. The molecule has 21 heavy (non-hydrogen) atoms. The normalized spacial score (nSPS) is 18.8. The number of fused-ring (bicyclic) bond motifs is 2. The summed E-state index contributed by atoms with van der Waals surface area (Å²) in [4.78, 5) is 0. The van der Waals surface area contributed by atoms with Gasteiger partial charge in [-0.05, 0) is 43.0 Å². The Labute approximate surface area is 124 Å². The van der Waals surface area contributed by atoms with Crippen LogP contribution >= 0.6 is 0 Å². The maximum atomic E-state index is 5.97. The summed E-state index contributed by atoms with van der Waals surface area (Å²) >= 11 is 0. The SMILES string of the molecule is CC(NC1CCc2ccccc21)c1cc2ccccc2o1. The van der Waals surface area contributed by atoms with Gasteiger partial charge in [0.1, 0.15) is 11.3 Å². The van der Waals surface area contributed by atoms with Crippen LogP contribution in [0.3, 0.4) is 0 Å². The maximum Gasteiger partial charge on any atom is 0.134 e. The molecule has 1 aliphatic rings. The van der Waals surface area contributed by atoms with Crippen molar-refractivity contribution < 1.29 is 4.42 Å². The van der Waals surface area contributed by atoms with E-state index in [-0.39, 0.29) is 6.04 Å². The average Bonchev–Trinajstić information content (AvgIpc) is 3.11. The third-order valence-corrected chi connectivity index (χ3v) is 4.46. The van der Waals surface area contributed by atoms with Gasteiger partial charge < -0.3 is 9.73 Å². The fourth-order valence-corrected chi connectivity index (χ4v) is 3.33. The van der Waals surface area contributed by atoms with Gasteiger partial charge in [-0.3, -0.25) is 0 Å². The molecule has 0 fully saturated rings. The summed E-state index contributed by atoms with van der Waals surface area (Å²) in [5.74, 6) is 1.01. The van der Waals surface area contributed by atoms with Crippen molar-refractivity contribution in [3.05, 3.63) is 71.5 Å². The molecule has 0 bridgehead atoms. The minimum atomic E-state index is 0.216. The fourth-order valence-electron chi connectivity index (χ4n) is 3.33. The Kier molecular flexibility index (Phi) is 3.04. The summed E-state index contributed by atoms with van der Waals surface area (Å²) in [6.45, 7) is 2.18. The lowest BCUT2D eigenvalue weighted by molar-refractivity contribution is 0.403. The van der Waals surface area contributed by atoms with E-state index in [0.717, 1.165) is 11.3 Å². The molecule has 2 aromatic carbocycles. The molecule has 1 heterocycles. The minimum Gasteiger partial charge on any atom is -0.459 e. The van der Waals surface area contributed by atoms with Gasteiger partial charge in [-0.1, -0.05) is 42.5 Å². The van der Waals surface area contributed by atoms with E-state index >= 15 is 0 Å². The van der Waals surface area contributed by atoms with E-state index < -0.39 is 0 Å². The van der Waals surface area contributed by atoms with Crippen LogP contribution in [-0.4, -0.2) is 0 Å². The molecule has 0 spiro atoms. The van der Waals surface area contributed by atoms with Crippen molar-refractivity contribution in [3.63, 3.8) is 0 Å². The van der Waals surface area contributed by atoms with E-state index in [1.807, 2.05) is 18.2 Å². The average molecular weight is 277 g/mol. The fraction of sp³-hybridized carbons (Fsp3) is 0.263. The predicted molar refractivity (Wildman–Crippen MR) is 85.3 cm³/mol. The highest BCUT2D eigenvalue weighted by molar-refractivity contribution is 5.77. The van der Waals surface area contributed by atoms with Crippen molar-refractivity contribution >= 4 is 11.0 Å². The number of rotatable bonds is 3. The van der Waals surface area contributed by atoms with Crippen LogP contribution < -0.4 is 5.32 Å². The summed E-state index contributed by atoms with van der Waals surface area (Å²) in [5, 5.41) is 4.89. The van der Waals surface area contributed by atoms with Crippen LogP contribution in [0.15, 0.2) is 59.0 Å². The maximum absolute atomic E-state index is 5.97. The quantitative estimate of drug-likeness (QED) is 0.746. The number of benzene rings is 2. The molecule has 3 aromatic rings. The van der Waals surface area contributed by atoms with E-state index in [1.54, 1.807) is 0 Å². The van der Waals surface area contributed by atoms with Crippen molar-refractivity contribution in [3.8, 4) is 0 Å². The summed E-state index contributed by atoms with van der Waals surface area (Å²) in [7, 11) is 0. The highest BCUT2D eigenvalue weighted by atomic mass is 16.3. The molecule has 2 atom stereocenters. The number of aryl methyl sites for hydroxylation is 1. The molecule has 0 saturated heterocycles. The molecule has 1 aliphatic carbocycles. The zero-order chi connectivity index (χ0) is 14.2. The molecular formula is C19H19NO. The molecule has 4 rings (SSSR count). The van der Waals surface area contributed by atoms with Gasteiger partial charge in [0.25, 0.3) is 0 Å². The highest BCUT2D eigenvalue weighted by Crippen LogP contribution is 2.33.